The third-order valence-corrected chi connectivity index (χ3v) is 4.43. The summed E-state index contributed by atoms with van der Waals surface area (Å²) < 4.78 is 33.9. The highest BCUT2D eigenvalue weighted by molar-refractivity contribution is 7.89. The maximum absolute atomic E-state index is 12.2. The van der Waals surface area contributed by atoms with Gasteiger partial charge in [0.2, 0.25) is 10.0 Å². The second-order valence-corrected chi connectivity index (χ2v) is 6.71. The third kappa shape index (κ3) is 4.04. The molecule has 6 nitrogen and oxygen atoms in total. The molecule has 0 bridgehead atoms. The Morgan fingerprint density at radius 1 is 1.47 bits per heavy atom. The molecular formula is C12H23N3O3S. The van der Waals surface area contributed by atoms with Crippen molar-refractivity contribution in [2.45, 2.75) is 44.4 Å². The molecule has 0 atom stereocenters. The summed E-state index contributed by atoms with van der Waals surface area (Å²) in [4.78, 5) is 0.238. The Bertz CT molecular complexity index is 499. The normalized spacial score (nSPS) is 12.9. The van der Waals surface area contributed by atoms with Crippen LogP contribution >= 0.6 is 0 Å². The van der Waals surface area contributed by atoms with Crippen molar-refractivity contribution < 1.29 is 13.2 Å². The zero-order valence-corrected chi connectivity index (χ0v) is 12.8. The van der Waals surface area contributed by atoms with Crippen molar-refractivity contribution in [3.63, 3.8) is 0 Å². The first-order valence-corrected chi connectivity index (χ1v) is 7.68. The van der Waals surface area contributed by atoms with Crippen LogP contribution in [-0.4, -0.2) is 32.2 Å². The van der Waals surface area contributed by atoms with Gasteiger partial charge < -0.3 is 15.0 Å². The van der Waals surface area contributed by atoms with Crippen molar-refractivity contribution in [2.24, 2.45) is 5.73 Å². The average molecular weight is 289 g/mol. The van der Waals surface area contributed by atoms with Gasteiger partial charge in [0.15, 0.2) is 0 Å². The summed E-state index contributed by atoms with van der Waals surface area (Å²) in [5, 5.41) is 0. The molecule has 110 valence electrons. The highest BCUT2D eigenvalue weighted by Gasteiger charge is 2.23. The van der Waals surface area contributed by atoms with E-state index in [4.69, 9.17) is 10.5 Å². The fourth-order valence-electron chi connectivity index (χ4n) is 1.56. The van der Waals surface area contributed by atoms with E-state index >= 15 is 0 Å². The Hall–Kier alpha value is -0.890. The number of hydrogen-bond donors (Lipinski definition) is 2. The number of ether oxygens (including phenoxy) is 1. The SMILES string of the molecule is CCn1cc(S(=O)(=O)NCC(C)(C)OC)cc1CN. The zero-order chi connectivity index (χ0) is 14.7. The number of nitrogens with two attached hydrogens (primary N) is 1. The van der Waals surface area contributed by atoms with Crippen LogP contribution in [0.15, 0.2) is 17.2 Å². The molecule has 1 heterocycles. The number of methoxy groups -OCH3 is 1. The molecule has 19 heavy (non-hydrogen) atoms. The van der Waals surface area contributed by atoms with E-state index in [1.54, 1.807) is 19.4 Å². The molecule has 0 aliphatic heterocycles. The molecule has 7 heteroatoms. The average Bonchev–Trinajstić information content (AvgIpc) is 2.80. The van der Waals surface area contributed by atoms with E-state index in [9.17, 15) is 8.42 Å². The van der Waals surface area contributed by atoms with Crippen molar-refractivity contribution >= 4 is 10.0 Å². The minimum absolute atomic E-state index is 0.209. The summed E-state index contributed by atoms with van der Waals surface area (Å²) in [6.45, 7) is 6.78. The van der Waals surface area contributed by atoms with Crippen molar-refractivity contribution in [1.82, 2.24) is 9.29 Å². The predicted octanol–water partition coefficient (Wildman–Crippen LogP) is 0.670. The number of nitrogens with one attached hydrogen (secondary N) is 1. The zero-order valence-electron chi connectivity index (χ0n) is 11.9. The van der Waals surface area contributed by atoms with Gasteiger partial charge in [-0.25, -0.2) is 13.1 Å². The van der Waals surface area contributed by atoms with E-state index < -0.39 is 15.6 Å². The lowest BCUT2D eigenvalue weighted by Gasteiger charge is -2.22. The molecule has 0 aliphatic rings. The topological polar surface area (TPSA) is 86.3 Å². The van der Waals surface area contributed by atoms with Gasteiger partial charge in [0.25, 0.3) is 0 Å². The molecule has 0 aliphatic carbocycles. The standard InChI is InChI=1S/C12H23N3O3S/c1-5-15-8-11(6-10(15)7-13)19(16,17)14-9-12(2,3)18-4/h6,8,14H,5,7,9,13H2,1-4H3. The summed E-state index contributed by atoms with van der Waals surface area (Å²) in [6.07, 6.45) is 1.60. The fraction of sp³-hybridized carbons (Fsp3) is 0.667. The molecule has 0 saturated heterocycles. The first-order chi connectivity index (χ1) is 8.75. The van der Waals surface area contributed by atoms with E-state index in [2.05, 4.69) is 4.72 Å². The molecule has 0 aromatic carbocycles. The lowest BCUT2D eigenvalue weighted by molar-refractivity contribution is 0.0276. The predicted molar refractivity (Wildman–Crippen MR) is 74.3 cm³/mol. The number of rotatable bonds is 7. The molecule has 0 saturated carbocycles. The Labute approximate surface area is 115 Å². The van der Waals surface area contributed by atoms with Gasteiger partial charge in [-0.2, -0.15) is 0 Å². The molecule has 0 fully saturated rings. The van der Waals surface area contributed by atoms with E-state index in [0.717, 1.165) is 5.69 Å². The van der Waals surface area contributed by atoms with Crippen LogP contribution in [0.2, 0.25) is 0 Å². The monoisotopic (exact) mass is 289 g/mol. The van der Waals surface area contributed by atoms with Gasteiger partial charge in [0.1, 0.15) is 0 Å². The lowest BCUT2D eigenvalue weighted by Crippen LogP contribution is -2.39. The van der Waals surface area contributed by atoms with Crippen LogP contribution in [0, 0.1) is 0 Å². The van der Waals surface area contributed by atoms with Crippen LogP contribution in [0.5, 0.6) is 0 Å². The molecule has 1 aromatic heterocycles. The second kappa shape index (κ2) is 6.04. The first kappa shape index (κ1) is 16.2. The van der Waals surface area contributed by atoms with E-state index in [1.807, 2.05) is 25.3 Å². The number of aromatic nitrogens is 1. The maximum atomic E-state index is 12.2. The highest BCUT2D eigenvalue weighted by Crippen LogP contribution is 2.15. The quantitative estimate of drug-likeness (QED) is 0.772. The van der Waals surface area contributed by atoms with Gasteiger partial charge in [0, 0.05) is 38.6 Å². The third-order valence-electron chi connectivity index (χ3n) is 3.06. The summed E-state index contributed by atoms with van der Waals surface area (Å²) in [5.41, 5.74) is 5.85. The number of sulfonamides is 1. The van der Waals surface area contributed by atoms with E-state index in [-0.39, 0.29) is 11.4 Å². The molecule has 0 amide bonds. The van der Waals surface area contributed by atoms with Gasteiger partial charge in [-0.15, -0.1) is 0 Å². The minimum Gasteiger partial charge on any atom is -0.377 e. The number of aryl methyl sites for hydroxylation is 1. The molecule has 0 spiro atoms. The van der Waals surface area contributed by atoms with E-state index in [1.165, 1.54) is 0 Å². The van der Waals surface area contributed by atoms with Crippen molar-refractivity contribution in [3.8, 4) is 0 Å². The molecule has 0 unspecified atom stereocenters. The van der Waals surface area contributed by atoms with Crippen LogP contribution in [0.3, 0.4) is 0 Å². The van der Waals surface area contributed by atoms with Gasteiger partial charge in [0.05, 0.1) is 10.5 Å². The lowest BCUT2D eigenvalue weighted by atomic mass is 10.1. The summed E-state index contributed by atoms with van der Waals surface area (Å²) in [7, 11) is -1.98. The Kier molecular flexibility index (Phi) is 5.14. The molecular weight excluding hydrogens is 266 g/mol. The van der Waals surface area contributed by atoms with Crippen LogP contribution in [0.4, 0.5) is 0 Å². The van der Waals surface area contributed by atoms with E-state index in [0.29, 0.717) is 13.1 Å². The van der Waals surface area contributed by atoms with Crippen molar-refractivity contribution in [1.29, 1.82) is 0 Å². The summed E-state index contributed by atoms with van der Waals surface area (Å²) in [6, 6.07) is 1.60. The maximum Gasteiger partial charge on any atom is 0.242 e. The number of hydrogen-bond acceptors (Lipinski definition) is 4. The fourth-order valence-corrected chi connectivity index (χ4v) is 2.82. The Morgan fingerprint density at radius 2 is 2.11 bits per heavy atom. The van der Waals surface area contributed by atoms with Crippen molar-refractivity contribution in [2.75, 3.05) is 13.7 Å². The van der Waals surface area contributed by atoms with Crippen LogP contribution in [0.25, 0.3) is 0 Å². The largest absolute Gasteiger partial charge is 0.377 e. The first-order valence-electron chi connectivity index (χ1n) is 6.19. The Balaban J connectivity index is 2.92. The Morgan fingerprint density at radius 3 is 2.53 bits per heavy atom. The smallest absolute Gasteiger partial charge is 0.242 e. The van der Waals surface area contributed by atoms with Gasteiger partial charge >= 0.3 is 0 Å². The van der Waals surface area contributed by atoms with Crippen molar-refractivity contribution in [3.05, 3.63) is 18.0 Å². The number of nitrogens with zero attached hydrogens (tertiary/aromatic N) is 1. The summed E-state index contributed by atoms with van der Waals surface area (Å²) >= 11 is 0. The molecule has 3 N–H and O–H groups in total. The highest BCUT2D eigenvalue weighted by atomic mass is 32.2. The molecule has 1 rings (SSSR count). The van der Waals surface area contributed by atoms with Crippen LogP contribution in [-0.2, 0) is 27.8 Å². The van der Waals surface area contributed by atoms with Gasteiger partial charge in [-0.1, -0.05) is 0 Å². The molecule has 0 radical (unpaired) electrons. The van der Waals surface area contributed by atoms with Crippen LogP contribution in [0.1, 0.15) is 26.5 Å². The van der Waals surface area contributed by atoms with Gasteiger partial charge in [-0.05, 0) is 26.8 Å². The second-order valence-electron chi connectivity index (χ2n) is 4.95. The summed E-state index contributed by atoms with van der Waals surface area (Å²) in [5.74, 6) is 0. The van der Waals surface area contributed by atoms with Crippen LogP contribution < -0.4 is 10.5 Å². The van der Waals surface area contributed by atoms with Gasteiger partial charge in [-0.3, -0.25) is 0 Å². The minimum atomic E-state index is -3.53. The molecule has 1 aromatic rings.